The van der Waals surface area contributed by atoms with Crippen LogP contribution in [-0.4, -0.2) is 49.3 Å². The van der Waals surface area contributed by atoms with E-state index in [2.05, 4.69) is 26.3 Å². The van der Waals surface area contributed by atoms with E-state index in [0.29, 0.717) is 49.5 Å². The van der Waals surface area contributed by atoms with Crippen LogP contribution in [0.25, 0.3) is 11.2 Å². The molecule has 4 N–H and O–H groups in total. The fourth-order valence-electron chi connectivity index (χ4n) is 3.82. The number of hydrogen-bond acceptors (Lipinski definition) is 7. The molecule has 32 heavy (non-hydrogen) atoms. The smallest absolute Gasteiger partial charge is 0.312 e. The summed E-state index contributed by atoms with van der Waals surface area (Å²) in [6.45, 7) is 6.33. The van der Waals surface area contributed by atoms with Crippen molar-refractivity contribution in [3.8, 4) is 5.75 Å². The van der Waals surface area contributed by atoms with Gasteiger partial charge in [0.15, 0.2) is 17.0 Å². The molecule has 3 heterocycles. The largest absolute Gasteiger partial charge is 0.493 e. The molecule has 0 radical (unpaired) electrons. The van der Waals surface area contributed by atoms with Gasteiger partial charge in [0.2, 0.25) is 0 Å². The van der Waals surface area contributed by atoms with Crippen LogP contribution >= 0.6 is 0 Å². The average Bonchev–Trinajstić information content (AvgIpc) is 3.29. The van der Waals surface area contributed by atoms with Gasteiger partial charge in [0.1, 0.15) is 17.2 Å². The molecule has 1 aliphatic rings. The van der Waals surface area contributed by atoms with Crippen LogP contribution in [0.15, 0.2) is 12.1 Å². The molecule has 0 unspecified atom stereocenters. The van der Waals surface area contributed by atoms with Gasteiger partial charge in [0.05, 0.1) is 6.61 Å². The molecule has 1 aliphatic heterocycles. The van der Waals surface area contributed by atoms with Crippen molar-refractivity contribution in [2.45, 2.75) is 52.2 Å². The third-order valence-electron chi connectivity index (χ3n) is 5.57. The van der Waals surface area contributed by atoms with Crippen LogP contribution in [0.2, 0.25) is 0 Å². The van der Waals surface area contributed by atoms with E-state index in [-0.39, 0.29) is 5.82 Å². The summed E-state index contributed by atoms with van der Waals surface area (Å²) in [5.74, 6) is 1.07. The van der Waals surface area contributed by atoms with Crippen LogP contribution < -0.4 is 15.8 Å². The molecule has 0 saturated heterocycles. The van der Waals surface area contributed by atoms with E-state index in [1.54, 1.807) is 4.57 Å². The second-order valence-corrected chi connectivity index (χ2v) is 8.56. The van der Waals surface area contributed by atoms with E-state index in [0.717, 1.165) is 23.3 Å². The van der Waals surface area contributed by atoms with E-state index in [9.17, 15) is 14.3 Å². The lowest BCUT2D eigenvalue weighted by Gasteiger charge is -2.17. The molecule has 9 nitrogen and oxygen atoms in total. The quantitative estimate of drug-likeness (QED) is 0.375. The average molecular weight is 442 g/mol. The number of imidazole rings is 1. The first-order chi connectivity index (χ1) is 15.1. The second kappa shape index (κ2) is 8.34. The van der Waals surface area contributed by atoms with Crippen LogP contribution in [0.5, 0.6) is 5.75 Å². The topological polar surface area (TPSA) is 128 Å². The summed E-state index contributed by atoms with van der Waals surface area (Å²) < 4.78 is 21.4. The zero-order valence-corrected chi connectivity index (χ0v) is 18.4. The van der Waals surface area contributed by atoms with Crippen LogP contribution in [0.3, 0.4) is 0 Å². The van der Waals surface area contributed by atoms with Crippen LogP contribution in [-0.2, 0) is 24.2 Å². The minimum absolute atomic E-state index is 0.0168. The number of aliphatic hydroxyl groups is 1. The predicted molar refractivity (Wildman–Crippen MR) is 117 cm³/mol. The highest BCUT2D eigenvalue weighted by Crippen LogP contribution is 2.30. The number of carbonyl (C=O) groups is 1. The Morgan fingerprint density at radius 1 is 1.34 bits per heavy atom. The fraction of sp³-hybridized carbons (Fsp3) is 0.455. The SMILES string of the molecule is Cc1cc2c(cc1Cc1nc3c(N)nc(F)nc3n1CCCNC(=O)C(C)(C)O)OCC2. The molecule has 0 bridgehead atoms. The molecule has 3 aromatic rings. The van der Waals surface area contributed by atoms with Crippen molar-refractivity contribution in [2.75, 3.05) is 18.9 Å². The number of aromatic nitrogens is 4. The van der Waals surface area contributed by atoms with Crippen molar-refractivity contribution < 1.29 is 19.0 Å². The van der Waals surface area contributed by atoms with E-state index in [1.807, 2.05) is 13.0 Å². The molecule has 2 aromatic heterocycles. The first-order valence-electron chi connectivity index (χ1n) is 10.6. The Morgan fingerprint density at radius 2 is 2.12 bits per heavy atom. The van der Waals surface area contributed by atoms with Gasteiger partial charge in [-0.25, -0.2) is 4.98 Å². The summed E-state index contributed by atoms with van der Waals surface area (Å²) in [5.41, 5.74) is 8.47. The molecule has 1 amide bonds. The summed E-state index contributed by atoms with van der Waals surface area (Å²) >= 11 is 0. The number of nitrogens with zero attached hydrogens (tertiary/aromatic N) is 4. The first-order valence-corrected chi connectivity index (χ1v) is 10.6. The Balaban J connectivity index is 1.62. The summed E-state index contributed by atoms with van der Waals surface area (Å²) in [6.07, 6.45) is 0.991. The first kappa shape index (κ1) is 21.9. The van der Waals surface area contributed by atoms with Crippen molar-refractivity contribution >= 4 is 22.9 Å². The third-order valence-corrected chi connectivity index (χ3v) is 5.57. The maximum atomic E-state index is 13.9. The normalized spacial score (nSPS) is 13.3. The monoisotopic (exact) mass is 442 g/mol. The Morgan fingerprint density at radius 3 is 2.88 bits per heavy atom. The number of aryl methyl sites for hydroxylation is 2. The Bertz CT molecular complexity index is 1180. The third kappa shape index (κ3) is 4.36. The van der Waals surface area contributed by atoms with Gasteiger partial charge in [-0.3, -0.25) is 4.79 Å². The number of anilines is 1. The lowest BCUT2D eigenvalue weighted by molar-refractivity contribution is -0.136. The number of fused-ring (bicyclic) bond motifs is 2. The Labute approximate surface area is 184 Å². The maximum absolute atomic E-state index is 13.9. The molecule has 10 heteroatoms. The molecule has 0 atom stereocenters. The fourth-order valence-corrected chi connectivity index (χ4v) is 3.82. The van der Waals surface area contributed by atoms with E-state index >= 15 is 0 Å². The zero-order valence-electron chi connectivity index (χ0n) is 18.4. The van der Waals surface area contributed by atoms with Gasteiger partial charge in [0.25, 0.3) is 5.91 Å². The minimum Gasteiger partial charge on any atom is -0.493 e. The molecule has 0 fully saturated rings. The van der Waals surface area contributed by atoms with Crippen LogP contribution in [0.4, 0.5) is 10.2 Å². The zero-order chi connectivity index (χ0) is 23.0. The standard InChI is InChI=1S/C22H27FN6O3/c1-12-9-13-5-8-32-15(13)10-14(12)11-16-26-17-18(24)27-21(23)28-19(17)29(16)7-4-6-25-20(30)22(2,3)31/h9-10,31H,4-8,11H2,1-3H3,(H,25,30)(H2,24,27,28). The number of hydrogen-bond donors (Lipinski definition) is 3. The van der Waals surface area contributed by atoms with Gasteiger partial charge < -0.3 is 25.5 Å². The lowest BCUT2D eigenvalue weighted by atomic mass is 10.0. The van der Waals surface area contributed by atoms with E-state index in [4.69, 9.17) is 10.5 Å². The second-order valence-electron chi connectivity index (χ2n) is 8.56. The summed E-state index contributed by atoms with van der Waals surface area (Å²) in [4.78, 5) is 24.0. The molecule has 0 saturated carbocycles. The van der Waals surface area contributed by atoms with Gasteiger partial charge in [-0.1, -0.05) is 6.07 Å². The highest BCUT2D eigenvalue weighted by molar-refractivity contribution is 5.84. The molecule has 0 aliphatic carbocycles. The number of ether oxygens (including phenoxy) is 1. The van der Waals surface area contributed by atoms with Gasteiger partial charge in [-0.15, -0.1) is 0 Å². The summed E-state index contributed by atoms with van der Waals surface area (Å²) in [6, 6.07) is 4.16. The van der Waals surface area contributed by atoms with E-state index < -0.39 is 17.6 Å². The number of nitrogen functional groups attached to an aromatic ring is 1. The highest BCUT2D eigenvalue weighted by Gasteiger charge is 2.23. The lowest BCUT2D eigenvalue weighted by Crippen LogP contribution is -2.42. The minimum atomic E-state index is -1.45. The molecular formula is C22H27FN6O3. The Hall–Kier alpha value is -3.27. The number of nitrogens with two attached hydrogens (primary N) is 1. The molecular weight excluding hydrogens is 415 g/mol. The summed E-state index contributed by atoms with van der Waals surface area (Å²) in [7, 11) is 0. The summed E-state index contributed by atoms with van der Waals surface area (Å²) in [5, 5.41) is 12.5. The van der Waals surface area contributed by atoms with Crippen molar-refractivity contribution in [3.05, 3.63) is 40.7 Å². The van der Waals surface area contributed by atoms with Crippen LogP contribution in [0.1, 0.15) is 42.8 Å². The van der Waals surface area contributed by atoms with Gasteiger partial charge >= 0.3 is 6.08 Å². The molecule has 170 valence electrons. The van der Waals surface area contributed by atoms with E-state index in [1.165, 1.54) is 19.4 Å². The van der Waals surface area contributed by atoms with Gasteiger partial charge in [0, 0.05) is 25.9 Å². The van der Waals surface area contributed by atoms with Crippen molar-refractivity contribution in [1.82, 2.24) is 24.8 Å². The molecule has 1 aromatic carbocycles. The number of nitrogens with one attached hydrogen (secondary N) is 1. The van der Waals surface area contributed by atoms with Crippen molar-refractivity contribution in [3.63, 3.8) is 0 Å². The maximum Gasteiger partial charge on any atom is 0.312 e. The number of carbonyl (C=O) groups excluding carboxylic acids is 1. The van der Waals surface area contributed by atoms with Crippen LogP contribution in [0, 0.1) is 13.0 Å². The number of halogens is 1. The van der Waals surface area contributed by atoms with Crippen molar-refractivity contribution in [2.24, 2.45) is 0 Å². The van der Waals surface area contributed by atoms with Gasteiger partial charge in [-0.2, -0.15) is 14.4 Å². The Kier molecular flexibility index (Phi) is 5.72. The highest BCUT2D eigenvalue weighted by atomic mass is 19.1. The molecule has 4 rings (SSSR count). The predicted octanol–water partition coefficient (Wildman–Crippen LogP) is 1.66. The number of rotatable bonds is 7. The number of amides is 1. The van der Waals surface area contributed by atoms with Crippen molar-refractivity contribution in [1.29, 1.82) is 0 Å². The molecule has 0 spiro atoms. The van der Waals surface area contributed by atoms with Gasteiger partial charge in [-0.05, 0) is 49.9 Å². The number of benzene rings is 1.